The van der Waals surface area contributed by atoms with Crippen LogP contribution in [-0.4, -0.2) is 43.3 Å². The van der Waals surface area contributed by atoms with Crippen molar-refractivity contribution in [3.8, 4) is 22.1 Å². The highest BCUT2D eigenvalue weighted by Crippen LogP contribution is 2.37. The van der Waals surface area contributed by atoms with Crippen LogP contribution in [0.3, 0.4) is 0 Å². The number of thioether (sulfide) groups is 2. The molecular weight excluding hydrogens is 366 g/mol. The first-order valence-corrected chi connectivity index (χ1v) is 10.1. The molecule has 0 N–H and O–H groups in total. The molecule has 1 aromatic carbocycles. The summed E-state index contributed by atoms with van der Waals surface area (Å²) in [6.45, 7) is 1.18. The van der Waals surface area contributed by atoms with Gasteiger partial charge in [0.2, 0.25) is 11.8 Å². The molecule has 2 aromatic heterocycles. The summed E-state index contributed by atoms with van der Waals surface area (Å²) < 4.78 is 13.7. The van der Waals surface area contributed by atoms with E-state index in [1.54, 1.807) is 23.5 Å². The van der Waals surface area contributed by atoms with Gasteiger partial charge in [0.1, 0.15) is 9.38 Å². The average molecular weight is 377 g/mol. The maximum absolute atomic E-state index is 5.44. The highest BCUT2D eigenvalue weighted by molar-refractivity contribution is 8.38. The van der Waals surface area contributed by atoms with Crippen LogP contribution in [0.4, 0.5) is 0 Å². The molecule has 0 fully saturated rings. The molecule has 5 rings (SSSR count). The molecular formula is C14H11N5O2S3. The number of ether oxygens (including phenoxy) is 2. The molecule has 10 heteroatoms. The van der Waals surface area contributed by atoms with Crippen molar-refractivity contribution in [2.24, 2.45) is 4.99 Å². The Labute approximate surface area is 149 Å². The fourth-order valence-electron chi connectivity index (χ4n) is 2.42. The molecule has 0 aliphatic carbocycles. The molecule has 2 aliphatic rings. The van der Waals surface area contributed by atoms with Crippen molar-refractivity contribution in [2.75, 3.05) is 19.1 Å². The minimum Gasteiger partial charge on any atom is -0.454 e. The van der Waals surface area contributed by atoms with E-state index in [9.17, 15) is 0 Å². The highest BCUT2D eigenvalue weighted by Gasteiger charge is 2.18. The van der Waals surface area contributed by atoms with Gasteiger partial charge < -0.3 is 9.47 Å². The van der Waals surface area contributed by atoms with Crippen LogP contribution in [0.25, 0.3) is 15.5 Å². The highest BCUT2D eigenvalue weighted by atomic mass is 32.2. The summed E-state index contributed by atoms with van der Waals surface area (Å²) in [7, 11) is 0. The summed E-state index contributed by atoms with van der Waals surface area (Å²) in [6.07, 6.45) is 0. The Kier molecular flexibility index (Phi) is 3.60. The minimum absolute atomic E-state index is 0.271. The number of aliphatic imine (C=N–C) groups is 1. The summed E-state index contributed by atoms with van der Waals surface area (Å²) in [6, 6.07) is 5.84. The van der Waals surface area contributed by atoms with Crippen LogP contribution in [0, 0.1) is 0 Å². The molecule has 0 amide bonds. The molecule has 0 atom stereocenters. The molecule has 2 aliphatic heterocycles. The zero-order chi connectivity index (χ0) is 15.9. The van der Waals surface area contributed by atoms with E-state index in [-0.39, 0.29) is 6.79 Å². The van der Waals surface area contributed by atoms with Gasteiger partial charge in [-0.3, -0.25) is 4.99 Å². The van der Waals surface area contributed by atoms with Crippen LogP contribution in [0.5, 0.6) is 11.5 Å². The van der Waals surface area contributed by atoms with Crippen molar-refractivity contribution < 1.29 is 9.47 Å². The third-order valence-electron chi connectivity index (χ3n) is 3.56. The number of nitrogens with zero attached hydrogens (tertiary/aromatic N) is 5. The van der Waals surface area contributed by atoms with Crippen molar-refractivity contribution in [1.29, 1.82) is 0 Å². The predicted octanol–water partition coefficient (Wildman–Crippen LogP) is 2.92. The zero-order valence-electron chi connectivity index (χ0n) is 12.3. The Bertz CT molecular complexity index is 951. The minimum atomic E-state index is 0.271. The Morgan fingerprint density at radius 2 is 2.17 bits per heavy atom. The van der Waals surface area contributed by atoms with Crippen molar-refractivity contribution in [3.05, 3.63) is 24.0 Å². The van der Waals surface area contributed by atoms with Crippen molar-refractivity contribution in [3.63, 3.8) is 0 Å². The smallest absolute Gasteiger partial charge is 0.235 e. The summed E-state index contributed by atoms with van der Waals surface area (Å²) in [4.78, 5) is 5.23. The van der Waals surface area contributed by atoms with Gasteiger partial charge in [-0.1, -0.05) is 34.9 Å². The van der Waals surface area contributed by atoms with E-state index in [0.29, 0.717) is 0 Å². The first kappa shape index (κ1) is 14.6. The molecule has 7 nitrogen and oxygen atoms in total. The molecule has 0 unspecified atom stereocenters. The molecule has 0 bridgehead atoms. The fraction of sp³-hybridized carbons (Fsp3) is 0.286. The van der Waals surface area contributed by atoms with Crippen LogP contribution >= 0.6 is 34.9 Å². The van der Waals surface area contributed by atoms with Gasteiger partial charge in [-0.15, -0.1) is 10.2 Å². The Morgan fingerprint density at radius 1 is 1.21 bits per heavy atom. The number of hydrogen-bond acceptors (Lipinski definition) is 9. The molecule has 24 heavy (non-hydrogen) atoms. The Hall–Kier alpha value is -1.78. The van der Waals surface area contributed by atoms with E-state index in [1.807, 2.05) is 22.7 Å². The lowest BCUT2D eigenvalue weighted by Crippen LogP contribution is -1.95. The van der Waals surface area contributed by atoms with Gasteiger partial charge in [0.25, 0.3) is 0 Å². The van der Waals surface area contributed by atoms with Gasteiger partial charge in [-0.05, 0) is 18.2 Å². The second-order valence-electron chi connectivity index (χ2n) is 5.07. The average Bonchev–Trinajstić information content (AvgIpc) is 3.35. The number of fused-ring (bicyclic) bond motifs is 2. The number of aromatic nitrogens is 4. The van der Waals surface area contributed by atoms with Gasteiger partial charge in [0.05, 0.1) is 12.3 Å². The molecule has 4 heterocycles. The van der Waals surface area contributed by atoms with E-state index in [2.05, 4.69) is 20.3 Å². The molecule has 0 saturated carbocycles. The van der Waals surface area contributed by atoms with Gasteiger partial charge in [0.15, 0.2) is 17.3 Å². The Morgan fingerprint density at radius 3 is 3.08 bits per heavy atom. The summed E-state index contributed by atoms with van der Waals surface area (Å²) in [5, 5.41) is 14.0. The molecule has 3 aromatic rings. The van der Waals surface area contributed by atoms with Gasteiger partial charge in [-0.2, -0.15) is 9.61 Å². The van der Waals surface area contributed by atoms with Crippen molar-refractivity contribution >= 4 is 44.2 Å². The summed E-state index contributed by atoms with van der Waals surface area (Å²) in [5.41, 5.74) is 0.990. The fourth-order valence-corrected chi connectivity index (χ4v) is 5.19. The Balaban J connectivity index is 1.43. The van der Waals surface area contributed by atoms with Crippen LogP contribution in [0.1, 0.15) is 5.82 Å². The summed E-state index contributed by atoms with van der Waals surface area (Å²) >= 11 is 5.00. The van der Waals surface area contributed by atoms with Crippen molar-refractivity contribution in [1.82, 2.24) is 19.8 Å². The monoisotopic (exact) mass is 377 g/mol. The molecule has 0 saturated heterocycles. The second-order valence-corrected chi connectivity index (χ2v) is 8.33. The van der Waals surface area contributed by atoms with Gasteiger partial charge >= 0.3 is 0 Å². The van der Waals surface area contributed by atoms with Crippen LogP contribution < -0.4 is 9.47 Å². The number of rotatable bonds is 3. The predicted molar refractivity (Wildman–Crippen MR) is 96.3 cm³/mol. The quantitative estimate of drug-likeness (QED) is 0.695. The topological polar surface area (TPSA) is 73.9 Å². The lowest BCUT2D eigenvalue weighted by atomic mass is 10.2. The number of benzene rings is 1. The number of hydrogen-bond donors (Lipinski definition) is 0. The van der Waals surface area contributed by atoms with Gasteiger partial charge in [0, 0.05) is 11.3 Å². The maximum Gasteiger partial charge on any atom is 0.235 e. The third kappa shape index (κ3) is 2.54. The SMILES string of the molecule is c1cc2c(cc1-c1nn3c(CSC4=NCCS4)nnc3s1)OCO2. The van der Waals surface area contributed by atoms with Crippen LogP contribution in [0.2, 0.25) is 0 Å². The third-order valence-corrected chi connectivity index (χ3v) is 6.75. The van der Waals surface area contributed by atoms with E-state index in [4.69, 9.17) is 9.47 Å². The normalized spacial score (nSPS) is 16.1. The molecule has 0 spiro atoms. The van der Waals surface area contributed by atoms with Crippen molar-refractivity contribution in [2.45, 2.75) is 5.75 Å². The standard InChI is InChI=1S/C14H11N5O2S3/c1-2-9-10(21-7-20-9)5-8(1)12-18-19-11(16-17-13(19)24-12)6-23-14-15-3-4-22-14/h1-2,5H,3-4,6-7H2. The van der Waals surface area contributed by atoms with E-state index < -0.39 is 0 Å². The lowest BCUT2D eigenvalue weighted by Gasteiger charge is -1.99. The lowest BCUT2D eigenvalue weighted by molar-refractivity contribution is 0.174. The second kappa shape index (κ2) is 5.94. The van der Waals surface area contributed by atoms with E-state index >= 15 is 0 Å². The van der Waals surface area contributed by atoms with E-state index in [1.165, 1.54) is 11.3 Å². The summed E-state index contributed by atoms with van der Waals surface area (Å²) in [5.74, 6) is 4.16. The maximum atomic E-state index is 5.44. The van der Waals surface area contributed by atoms with E-state index in [0.717, 1.165) is 55.3 Å². The first-order chi connectivity index (χ1) is 11.9. The van der Waals surface area contributed by atoms with Gasteiger partial charge in [-0.25, -0.2) is 0 Å². The molecule has 122 valence electrons. The zero-order valence-corrected chi connectivity index (χ0v) is 14.8. The first-order valence-electron chi connectivity index (χ1n) is 7.28. The van der Waals surface area contributed by atoms with Crippen LogP contribution in [-0.2, 0) is 5.75 Å². The largest absolute Gasteiger partial charge is 0.454 e. The van der Waals surface area contributed by atoms with Crippen LogP contribution in [0.15, 0.2) is 23.2 Å². The molecule has 0 radical (unpaired) electrons.